The lowest BCUT2D eigenvalue weighted by atomic mass is 10.1. The van der Waals surface area contributed by atoms with Crippen molar-refractivity contribution in [3.63, 3.8) is 0 Å². The van der Waals surface area contributed by atoms with Crippen LogP contribution in [0.2, 0.25) is 0 Å². The first-order valence-electron chi connectivity index (χ1n) is 13.7. The van der Waals surface area contributed by atoms with Crippen molar-refractivity contribution < 1.29 is 23.7 Å². The topological polar surface area (TPSA) is 69.6 Å². The monoisotopic (exact) mass is 578 g/mol. The number of carbonyl (C=O) groups excluding carboxylic acids is 1. The summed E-state index contributed by atoms with van der Waals surface area (Å²) in [6.07, 6.45) is 1.87. The summed E-state index contributed by atoms with van der Waals surface area (Å²) >= 11 is 1.35. The van der Waals surface area contributed by atoms with Crippen molar-refractivity contribution in [1.29, 1.82) is 0 Å². The van der Waals surface area contributed by atoms with Crippen molar-refractivity contribution >= 4 is 40.3 Å². The van der Waals surface area contributed by atoms with E-state index >= 15 is 0 Å². The van der Waals surface area contributed by atoms with Gasteiger partial charge in [0.2, 0.25) is 6.79 Å². The Bertz CT molecular complexity index is 1680. The molecule has 1 amide bonds. The van der Waals surface area contributed by atoms with Crippen LogP contribution < -0.4 is 23.8 Å². The number of aliphatic imine (C=N–C) groups is 1. The molecule has 212 valence electrons. The average molecular weight is 579 g/mol. The molecule has 0 saturated carbocycles. The van der Waals surface area contributed by atoms with Crippen LogP contribution in [0.5, 0.6) is 23.0 Å². The number of fused-ring (bicyclic) bond motifs is 1. The van der Waals surface area contributed by atoms with Crippen molar-refractivity contribution in [2.45, 2.75) is 27.4 Å². The Labute approximate surface area is 249 Å². The van der Waals surface area contributed by atoms with Gasteiger partial charge in [-0.3, -0.25) is 9.69 Å². The third-order valence-electron chi connectivity index (χ3n) is 6.75. The molecular formula is C34H30N2O5S. The fraction of sp³-hybridized carbons (Fsp3) is 0.176. The molecule has 1 fully saturated rings. The summed E-state index contributed by atoms with van der Waals surface area (Å²) in [6, 6.07) is 27.3. The quantitative estimate of drug-likeness (QED) is 0.199. The zero-order valence-corrected chi connectivity index (χ0v) is 24.4. The summed E-state index contributed by atoms with van der Waals surface area (Å²) < 4.78 is 22.9. The molecule has 0 N–H and O–H groups in total. The van der Waals surface area contributed by atoms with Gasteiger partial charge < -0.3 is 18.9 Å². The van der Waals surface area contributed by atoms with Gasteiger partial charge in [0, 0.05) is 0 Å². The van der Waals surface area contributed by atoms with Gasteiger partial charge >= 0.3 is 0 Å². The second-order valence-electron chi connectivity index (χ2n) is 9.93. The van der Waals surface area contributed by atoms with Crippen LogP contribution in [-0.4, -0.2) is 24.5 Å². The van der Waals surface area contributed by atoms with Crippen LogP contribution in [0.4, 0.5) is 11.4 Å². The maximum atomic E-state index is 13.7. The number of rotatable bonds is 8. The lowest BCUT2D eigenvalue weighted by Gasteiger charge is -2.16. The minimum atomic E-state index is -0.129. The van der Waals surface area contributed by atoms with Gasteiger partial charge in [-0.15, -0.1) is 0 Å². The lowest BCUT2D eigenvalue weighted by molar-refractivity contribution is -0.113. The number of anilines is 1. The number of hydrogen-bond donors (Lipinski definition) is 0. The first kappa shape index (κ1) is 27.5. The van der Waals surface area contributed by atoms with Crippen LogP contribution in [0.3, 0.4) is 0 Å². The van der Waals surface area contributed by atoms with Gasteiger partial charge in [0.15, 0.2) is 28.2 Å². The number of ether oxygens (including phenoxy) is 4. The van der Waals surface area contributed by atoms with Crippen LogP contribution in [0, 0.1) is 13.8 Å². The third kappa shape index (κ3) is 5.99. The molecule has 0 radical (unpaired) electrons. The molecule has 4 aromatic carbocycles. The highest BCUT2D eigenvalue weighted by atomic mass is 32.2. The van der Waals surface area contributed by atoms with Crippen molar-refractivity contribution in [2.24, 2.45) is 4.99 Å². The van der Waals surface area contributed by atoms with E-state index in [1.807, 2.05) is 112 Å². The largest absolute Gasteiger partial charge is 0.490 e. The van der Waals surface area contributed by atoms with Crippen LogP contribution in [0.15, 0.2) is 94.8 Å². The van der Waals surface area contributed by atoms with Crippen LogP contribution >= 0.6 is 11.8 Å². The lowest BCUT2D eigenvalue weighted by Crippen LogP contribution is -2.28. The second-order valence-corrected chi connectivity index (χ2v) is 10.9. The van der Waals surface area contributed by atoms with Crippen LogP contribution in [-0.2, 0) is 11.4 Å². The molecule has 0 aliphatic carbocycles. The van der Waals surface area contributed by atoms with E-state index in [9.17, 15) is 4.79 Å². The Kier molecular flexibility index (Phi) is 7.88. The molecule has 0 atom stereocenters. The first-order valence-corrected chi connectivity index (χ1v) is 14.5. The van der Waals surface area contributed by atoms with Crippen molar-refractivity contribution in [3.8, 4) is 23.0 Å². The van der Waals surface area contributed by atoms with E-state index in [4.69, 9.17) is 23.9 Å². The second kappa shape index (κ2) is 12.0. The summed E-state index contributed by atoms with van der Waals surface area (Å²) in [4.78, 5) is 20.8. The van der Waals surface area contributed by atoms with Crippen molar-refractivity contribution in [3.05, 3.63) is 112 Å². The molecule has 6 rings (SSSR count). The summed E-state index contributed by atoms with van der Waals surface area (Å²) in [7, 11) is 0. The molecule has 1 saturated heterocycles. The minimum absolute atomic E-state index is 0.129. The van der Waals surface area contributed by atoms with E-state index in [0.717, 1.165) is 39.4 Å². The van der Waals surface area contributed by atoms with Gasteiger partial charge in [-0.2, -0.15) is 0 Å². The molecule has 42 heavy (non-hydrogen) atoms. The van der Waals surface area contributed by atoms with Gasteiger partial charge in [-0.25, -0.2) is 4.99 Å². The maximum Gasteiger partial charge on any atom is 0.271 e. The Morgan fingerprint density at radius 2 is 1.60 bits per heavy atom. The SMILES string of the molecule is CCOc1cc(/C=C2/SC(=Nc3ccc(C)cc3)N(c3ccc(C)cc3)C2=O)ccc1OCc1ccc2c(c1)OCO2. The van der Waals surface area contributed by atoms with E-state index in [1.165, 1.54) is 11.8 Å². The molecule has 2 aliphatic heterocycles. The molecule has 0 aromatic heterocycles. The summed E-state index contributed by atoms with van der Waals surface area (Å²) in [5.41, 5.74) is 5.61. The molecule has 7 nitrogen and oxygen atoms in total. The van der Waals surface area contributed by atoms with E-state index < -0.39 is 0 Å². The average Bonchev–Trinajstić information content (AvgIpc) is 3.58. The fourth-order valence-electron chi connectivity index (χ4n) is 4.55. The minimum Gasteiger partial charge on any atom is -0.490 e. The molecular weight excluding hydrogens is 548 g/mol. The predicted molar refractivity (Wildman–Crippen MR) is 167 cm³/mol. The molecule has 2 heterocycles. The van der Waals surface area contributed by atoms with Gasteiger partial charge in [0.1, 0.15) is 6.61 Å². The van der Waals surface area contributed by atoms with E-state index in [0.29, 0.717) is 40.5 Å². The van der Waals surface area contributed by atoms with Gasteiger partial charge in [-0.05, 0) is 98.3 Å². The third-order valence-corrected chi connectivity index (χ3v) is 7.72. The molecule has 0 spiro atoms. The predicted octanol–water partition coefficient (Wildman–Crippen LogP) is 7.82. The number of amides is 1. The van der Waals surface area contributed by atoms with Crippen LogP contribution in [0.25, 0.3) is 6.08 Å². The van der Waals surface area contributed by atoms with Gasteiger partial charge in [0.05, 0.1) is 22.9 Å². The maximum absolute atomic E-state index is 13.7. The summed E-state index contributed by atoms with van der Waals surface area (Å²) in [5.74, 6) is 2.54. The van der Waals surface area contributed by atoms with Crippen molar-refractivity contribution in [1.82, 2.24) is 0 Å². The smallest absolute Gasteiger partial charge is 0.271 e. The number of nitrogens with zero attached hydrogens (tertiary/aromatic N) is 2. The highest BCUT2D eigenvalue weighted by molar-refractivity contribution is 8.19. The van der Waals surface area contributed by atoms with Crippen LogP contribution in [0.1, 0.15) is 29.2 Å². The van der Waals surface area contributed by atoms with E-state index in [-0.39, 0.29) is 12.7 Å². The van der Waals surface area contributed by atoms with Gasteiger partial charge in [0.25, 0.3) is 5.91 Å². The number of carbonyl (C=O) groups is 1. The highest BCUT2D eigenvalue weighted by Crippen LogP contribution is 2.39. The summed E-state index contributed by atoms with van der Waals surface area (Å²) in [6.45, 7) is 7.03. The number of thioether (sulfide) groups is 1. The Morgan fingerprint density at radius 1 is 0.857 bits per heavy atom. The Morgan fingerprint density at radius 3 is 2.36 bits per heavy atom. The standard InChI is InChI=1S/C34H30N2O5S/c1-4-38-30-17-24(9-15-28(30)39-20-25-10-16-29-31(18-25)41-21-40-29)19-32-33(37)36(27-13-7-23(3)8-14-27)34(42-32)35-26-11-5-22(2)6-12-26/h5-19H,4,20-21H2,1-3H3/b32-19+,35-34?. The first-order chi connectivity index (χ1) is 20.5. The summed E-state index contributed by atoms with van der Waals surface area (Å²) in [5, 5.41) is 0.604. The molecule has 0 bridgehead atoms. The number of amidine groups is 1. The highest BCUT2D eigenvalue weighted by Gasteiger charge is 2.34. The van der Waals surface area contributed by atoms with E-state index in [2.05, 4.69) is 0 Å². The number of aryl methyl sites for hydroxylation is 2. The Hall–Kier alpha value is -4.69. The van der Waals surface area contributed by atoms with E-state index in [1.54, 1.807) is 4.90 Å². The molecule has 2 aliphatic rings. The molecule has 8 heteroatoms. The zero-order valence-electron chi connectivity index (χ0n) is 23.6. The van der Waals surface area contributed by atoms with Crippen molar-refractivity contribution in [2.75, 3.05) is 18.3 Å². The number of hydrogen-bond acceptors (Lipinski definition) is 7. The zero-order chi connectivity index (χ0) is 29.1. The molecule has 4 aromatic rings. The fourth-order valence-corrected chi connectivity index (χ4v) is 5.55. The van der Waals surface area contributed by atoms with Gasteiger partial charge in [-0.1, -0.05) is 47.5 Å². The Balaban J connectivity index is 1.27. The normalized spacial score (nSPS) is 16.0. The number of benzene rings is 4. The molecule has 0 unspecified atom stereocenters.